The Morgan fingerprint density at radius 3 is 2.71 bits per heavy atom. The zero-order valence-electron chi connectivity index (χ0n) is 9.05. The van der Waals surface area contributed by atoms with E-state index < -0.39 is 17.3 Å². The number of carbonyl (C=O) groups excluding carboxylic acids is 1. The first-order valence-corrected chi connectivity index (χ1v) is 5.29. The summed E-state index contributed by atoms with van der Waals surface area (Å²) < 4.78 is 0. The van der Waals surface area contributed by atoms with Crippen molar-refractivity contribution in [3.05, 3.63) is 34.2 Å². The third-order valence-corrected chi connectivity index (χ3v) is 2.61. The Kier molecular flexibility index (Phi) is 2.95. The molecule has 2 rings (SSSR count). The summed E-state index contributed by atoms with van der Waals surface area (Å²) in [4.78, 5) is 38.1. The Hall–Kier alpha value is -2.11. The highest BCUT2D eigenvalue weighted by Crippen LogP contribution is 2.27. The number of aromatic nitrogens is 1. The standard InChI is InChI=1S/C11H12N2O4/c14-9-3-4-12-5-8(9)11(17)13(6-10(15)16)7-1-2-7/h3-5,7H,1-2,6H2,(H,12,14)(H,15,16). The van der Waals surface area contributed by atoms with E-state index in [1.165, 1.54) is 23.4 Å². The molecule has 1 heterocycles. The molecule has 1 amide bonds. The molecule has 0 saturated heterocycles. The van der Waals surface area contributed by atoms with Crippen LogP contribution in [-0.4, -0.2) is 39.5 Å². The molecule has 0 spiro atoms. The lowest BCUT2D eigenvalue weighted by molar-refractivity contribution is -0.137. The topological polar surface area (TPSA) is 90.5 Å². The predicted octanol–water partition coefficient (Wildman–Crippen LogP) is 0.0641. The van der Waals surface area contributed by atoms with E-state index in [1.54, 1.807) is 0 Å². The Morgan fingerprint density at radius 2 is 2.18 bits per heavy atom. The van der Waals surface area contributed by atoms with Gasteiger partial charge in [-0.1, -0.05) is 0 Å². The van der Waals surface area contributed by atoms with E-state index in [0.717, 1.165) is 12.8 Å². The molecule has 17 heavy (non-hydrogen) atoms. The quantitative estimate of drug-likeness (QED) is 0.773. The number of H-pyrrole nitrogens is 1. The second-order valence-electron chi connectivity index (χ2n) is 3.98. The van der Waals surface area contributed by atoms with Crippen LogP contribution in [0.5, 0.6) is 0 Å². The summed E-state index contributed by atoms with van der Waals surface area (Å²) in [6.07, 6.45) is 4.33. The molecular formula is C11H12N2O4. The molecular weight excluding hydrogens is 224 g/mol. The van der Waals surface area contributed by atoms with Crippen LogP contribution >= 0.6 is 0 Å². The van der Waals surface area contributed by atoms with Gasteiger partial charge in [-0.25, -0.2) is 0 Å². The van der Waals surface area contributed by atoms with Gasteiger partial charge < -0.3 is 15.0 Å². The molecule has 0 aliphatic heterocycles. The first-order valence-electron chi connectivity index (χ1n) is 5.29. The summed E-state index contributed by atoms with van der Waals surface area (Å²) >= 11 is 0. The highest BCUT2D eigenvalue weighted by Gasteiger charge is 2.34. The van der Waals surface area contributed by atoms with Gasteiger partial charge in [-0.3, -0.25) is 14.4 Å². The van der Waals surface area contributed by atoms with Crippen molar-refractivity contribution in [1.29, 1.82) is 0 Å². The number of nitrogens with zero attached hydrogens (tertiary/aromatic N) is 1. The highest BCUT2D eigenvalue weighted by molar-refractivity contribution is 5.95. The van der Waals surface area contributed by atoms with Crippen LogP contribution in [0, 0.1) is 0 Å². The van der Waals surface area contributed by atoms with Crippen LogP contribution in [0.1, 0.15) is 23.2 Å². The van der Waals surface area contributed by atoms with Gasteiger partial charge in [0.2, 0.25) is 0 Å². The normalized spacial score (nSPS) is 14.4. The van der Waals surface area contributed by atoms with Crippen molar-refractivity contribution >= 4 is 11.9 Å². The highest BCUT2D eigenvalue weighted by atomic mass is 16.4. The fourth-order valence-corrected chi connectivity index (χ4v) is 1.64. The van der Waals surface area contributed by atoms with Gasteiger partial charge in [0.1, 0.15) is 12.1 Å². The van der Waals surface area contributed by atoms with Crippen LogP contribution < -0.4 is 5.43 Å². The summed E-state index contributed by atoms with van der Waals surface area (Å²) in [5, 5.41) is 8.75. The average molecular weight is 236 g/mol. The number of aromatic amines is 1. The van der Waals surface area contributed by atoms with E-state index in [-0.39, 0.29) is 18.2 Å². The summed E-state index contributed by atoms with van der Waals surface area (Å²) in [5.74, 6) is -1.59. The van der Waals surface area contributed by atoms with Crippen LogP contribution in [0.25, 0.3) is 0 Å². The molecule has 1 aromatic rings. The summed E-state index contributed by atoms with van der Waals surface area (Å²) in [6, 6.07) is 1.21. The summed E-state index contributed by atoms with van der Waals surface area (Å²) in [6.45, 7) is -0.363. The molecule has 1 saturated carbocycles. The number of aliphatic carboxylic acids is 1. The number of rotatable bonds is 4. The Morgan fingerprint density at radius 1 is 1.47 bits per heavy atom. The van der Waals surface area contributed by atoms with Crippen molar-refractivity contribution in [3.8, 4) is 0 Å². The summed E-state index contributed by atoms with van der Waals surface area (Å²) in [5.41, 5.74) is -0.412. The molecule has 2 N–H and O–H groups in total. The fourth-order valence-electron chi connectivity index (χ4n) is 1.64. The van der Waals surface area contributed by atoms with Crippen LogP contribution in [0.4, 0.5) is 0 Å². The first kappa shape index (κ1) is 11.4. The van der Waals surface area contributed by atoms with E-state index in [1.807, 2.05) is 0 Å². The maximum atomic E-state index is 12.0. The van der Waals surface area contributed by atoms with E-state index >= 15 is 0 Å². The molecule has 1 aromatic heterocycles. The molecule has 0 bridgehead atoms. The zero-order valence-corrected chi connectivity index (χ0v) is 9.05. The number of pyridine rings is 1. The molecule has 0 radical (unpaired) electrons. The molecule has 0 unspecified atom stereocenters. The van der Waals surface area contributed by atoms with E-state index in [4.69, 9.17) is 5.11 Å². The Labute approximate surface area is 96.9 Å². The lowest BCUT2D eigenvalue weighted by Crippen LogP contribution is -2.39. The minimum atomic E-state index is -1.07. The predicted molar refractivity (Wildman–Crippen MR) is 58.8 cm³/mol. The molecule has 1 aliphatic carbocycles. The van der Waals surface area contributed by atoms with Crippen molar-refractivity contribution in [2.75, 3.05) is 6.54 Å². The van der Waals surface area contributed by atoms with Crippen molar-refractivity contribution in [2.24, 2.45) is 0 Å². The number of hydrogen-bond acceptors (Lipinski definition) is 3. The van der Waals surface area contributed by atoms with Gasteiger partial charge in [0, 0.05) is 24.5 Å². The largest absolute Gasteiger partial charge is 0.480 e. The molecule has 1 fully saturated rings. The van der Waals surface area contributed by atoms with Crippen molar-refractivity contribution in [2.45, 2.75) is 18.9 Å². The van der Waals surface area contributed by atoms with Crippen LogP contribution in [0.2, 0.25) is 0 Å². The number of carbonyl (C=O) groups is 2. The third kappa shape index (κ3) is 2.52. The van der Waals surface area contributed by atoms with Gasteiger partial charge in [0.15, 0.2) is 5.43 Å². The maximum Gasteiger partial charge on any atom is 0.323 e. The van der Waals surface area contributed by atoms with Gasteiger partial charge >= 0.3 is 5.97 Å². The maximum absolute atomic E-state index is 12.0. The molecule has 6 nitrogen and oxygen atoms in total. The van der Waals surface area contributed by atoms with E-state index in [2.05, 4.69) is 4.98 Å². The minimum Gasteiger partial charge on any atom is -0.480 e. The number of carboxylic acids is 1. The average Bonchev–Trinajstić information content (AvgIpc) is 3.09. The monoisotopic (exact) mass is 236 g/mol. The van der Waals surface area contributed by atoms with Gasteiger partial charge in [-0.15, -0.1) is 0 Å². The Balaban J connectivity index is 2.25. The van der Waals surface area contributed by atoms with Gasteiger partial charge in [-0.05, 0) is 12.8 Å². The molecule has 90 valence electrons. The van der Waals surface area contributed by atoms with Crippen molar-refractivity contribution in [1.82, 2.24) is 9.88 Å². The van der Waals surface area contributed by atoms with Crippen LogP contribution in [-0.2, 0) is 4.79 Å². The fraction of sp³-hybridized carbons (Fsp3) is 0.364. The number of carboxylic acid groups (broad SMARTS) is 1. The zero-order chi connectivity index (χ0) is 12.4. The number of amides is 1. The second-order valence-corrected chi connectivity index (χ2v) is 3.98. The number of hydrogen-bond donors (Lipinski definition) is 2. The van der Waals surface area contributed by atoms with Crippen molar-refractivity contribution < 1.29 is 14.7 Å². The van der Waals surface area contributed by atoms with Gasteiger partial charge in [0.05, 0.1) is 0 Å². The number of nitrogens with one attached hydrogen (secondary N) is 1. The third-order valence-electron chi connectivity index (χ3n) is 2.61. The smallest absolute Gasteiger partial charge is 0.323 e. The molecule has 0 atom stereocenters. The van der Waals surface area contributed by atoms with Crippen LogP contribution in [0.3, 0.4) is 0 Å². The lowest BCUT2D eigenvalue weighted by atomic mass is 10.2. The molecule has 0 aromatic carbocycles. The summed E-state index contributed by atoms with van der Waals surface area (Å²) in [7, 11) is 0. The van der Waals surface area contributed by atoms with Crippen LogP contribution in [0.15, 0.2) is 23.3 Å². The van der Waals surface area contributed by atoms with Gasteiger partial charge in [-0.2, -0.15) is 0 Å². The lowest BCUT2D eigenvalue weighted by Gasteiger charge is -2.19. The first-order chi connectivity index (χ1) is 8.09. The van der Waals surface area contributed by atoms with Crippen molar-refractivity contribution in [3.63, 3.8) is 0 Å². The minimum absolute atomic E-state index is 0.0133. The van der Waals surface area contributed by atoms with E-state index in [9.17, 15) is 14.4 Å². The second kappa shape index (κ2) is 4.40. The van der Waals surface area contributed by atoms with E-state index in [0.29, 0.717) is 0 Å². The SMILES string of the molecule is O=C(O)CN(C(=O)c1c[nH]ccc1=O)C1CC1. The Bertz CT molecular complexity index is 504. The van der Waals surface area contributed by atoms with Gasteiger partial charge in [0.25, 0.3) is 5.91 Å². The molecule has 1 aliphatic rings. The molecule has 6 heteroatoms.